The lowest BCUT2D eigenvalue weighted by Gasteiger charge is -2.46. The first-order valence-corrected chi connectivity index (χ1v) is 11.3. The number of hydrogen-bond acceptors (Lipinski definition) is 5. The van der Waals surface area contributed by atoms with E-state index in [2.05, 4.69) is 23.7 Å². The predicted octanol–water partition coefficient (Wildman–Crippen LogP) is 4.49. The summed E-state index contributed by atoms with van der Waals surface area (Å²) in [5, 5.41) is 0. The van der Waals surface area contributed by atoms with E-state index in [0.717, 1.165) is 11.1 Å². The Kier molecular flexibility index (Phi) is 6.84. The van der Waals surface area contributed by atoms with E-state index in [1.165, 1.54) is 0 Å². The molecule has 0 saturated carbocycles. The molecule has 1 amide bonds. The molecule has 6 nitrogen and oxygen atoms in total. The standard InChI is InChI=1S/C27H29N3O3/c1-19-17-29(26(31)25-11-7-10-24(16-25)22-12-14-28-15-13-22)18-20(2)30(19)21(3)33-27(32)23-8-5-4-6-9-23/h4-16,19-21H,17-18H2,1-3H3/t19-,20+,21?. The van der Waals surface area contributed by atoms with Crippen molar-refractivity contribution in [2.24, 2.45) is 0 Å². The van der Waals surface area contributed by atoms with E-state index in [0.29, 0.717) is 24.2 Å². The van der Waals surface area contributed by atoms with Crippen LogP contribution in [0.4, 0.5) is 0 Å². The Labute approximate surface area is 194 Å². The highest BCUT2D eigenvalue weighted by molar-refractivity contribution is 5.95. The summed E-state index contributed by atoms with van der Waals surface area (Å²) in [6.07, 6.45) is 3.10. The molecule has 1 aliphatic rings. The fourth-order valence-electron chi connectivity index (χ4n) is 4.63. The molecule has 1 fully saturated rings. The molecule has 1 aromatic heterocycles. The van der Waals surface area contributed by atoms with Crippen molar-refractivity contribution >= 4 is 11.9 Å². The highest BCUT2D eigenvalue weighted by Gasteiger charge is 2.36. The molecule has 1 saturated heterocycles. The molecule has 0 bridgehead atoms. The molecule has 0 spiro atoms. The molecule has 1 aliphatic heterocycles. The SMILES string of the molecule is CC(OC(=O)c1ccccc1)N1[C@H](C)CN(C(=O)c2cccc(-c3ccncc3)c2)C[C@@H]1C. The number of nitrogens with zero attached hydrogens (tertiary/aromatic N) is 3. The van der Waals surface area contributed by atoms with Crippen molar-refractivity contribution in [3.63, 3.8) is 0 Å². The molecular formula is C27H29N3O3. The monoisotopic (exact) mass is 443 g/mol. The van der Waals surface area contributed by atoms with Gasteiger partial charge in [0.1, 0.15) is 0 Å². The van der Waals surface area contributed by atoms with Gasteiger partial charge in [-0.25, -0.2) is 4.79 Å². The van der Waals surface area contributed by atoms with Crippen molar-refractivity contribution < 1.29 is 14.3 Å². The molecule has 0 aliphatic carbocycles. The van der Waals surface area contributed by atoms with Crippen LogP contribution in [0.15, 0.2) is 79.1 Å². The van der Waals surface area contributed by atoms with Crippen LogP contribution in [0.25, 0.3) is 11.1 Å². The fraction of sp³-hybridized carbons (Fsp3) is 0.296. The number of hydrogen-bond donors (Lipinski definition) is 0. The first kappa shape index (κ1) is 22.7. The van der Waals surface area contributed by atoms with Crippen LogP contribution in [0, 0.1) is 0 Å². The van der Waals surface area contributed by atoms with E-state index in [-0.39, 0.29) is 24.0 Å². The van der Waals surface area contributed by atoms with Gasteiger partial charge in [-0.1, -0.05) is 30.3 Å². The van der Waals surface area contributed by atoms with Gasteiger partial charge < -0.3 is 9.64 Å². The maximum atomic E-state index is 13.3. The van der Waals surface area contributed by atoms with E-state index in [4.69, 9.17) is 4.74 Å². The number of amides is 1. The van der Waals surface area contributed by atoms with Gasteiger partial charge >= 0.3 is 5.97 Å². The number of benzene rings is 2. The molecule has 3 aromatic rings. The maximum Gasteiger partial charge on any atom is 0.339 e. The summed E-state index contributed by atoms with van der Waals surface area (Å²) in [5.41, 5.74) is 3.22. The van der Waals surface area contributed by atoms with Crippen molar-refractivity contribution in [3.05, 3.63) is 90.3 Å². The number of esters is 1. The molecule has 3 atom stereocenters. The molecule has 0 N–H and O–H groups in total. The van der Waals surface area contributed by atoms with E-state index in [9.17, 15) is 9.59 Å². The number of piperazine rings is 1. The van der Waals surface area contributed by atoms with Crippen LogP contribution in [0.2, 0.25) is 0 Å². The molecule has 33 heavy (non-hydrogen) atoms. The molecule has 6 heteroatoms. The summed E-state index contributed by atoms with van der Waals surface area (Å²) < 4.78 is 5.74. The fourth-order valence-corrected chi connectivity index (χ4v) is 4.63. The van der Waals surface area contributed by atoms with Crippen LogP contribution in [0.5, 0.6) is 0 Å². The zero-order valence-corrected chi connectivity index (χ0v) is 19.2. The number of carbonyl (C=O) groups is 2. The van der Waals surface area contributed by atoms with E-state index in [1.54, 1.807) is 24.5 Å². The van der Waals surface area contributed by atoms with Crippen LogP contribution >= 0.6 is 0 Å². The molecule has 4 rings (SSSR count). The highest BCUT2D eigenvalue weighted by Crippen LogP contribution is 2.24. The maximum absolute atomic E-state index is 13.3. The van der Waals surface area contributed by atoms with E-state index in [1.807, 2.05) is 66.4 Å². The summed E-state index contributed by atoms with van der Waals surface area (Å²) >= 11 is 0. The first-order valence-electron chi connectivity index (χ1n) is 11.3. The predicted molar refractivity (Wildman–Crippen MR) is 128 cm³/mol. The van der Waals surface area contributed by atoms with Gasteiger partial charge in [-0.3, -0.25) is 14.7 Å². The van der Waals surface area contributed by atoms with E-state index < -0.39 is 6.23 Å². The van der Waals surface area contributed by atoms with Gasteiger partial charge in [-0.2, -0.15) is 0 Å². The second-order valence-electron chi connectivity index (χ2n) is 8.54. The second kappa shape index (κ2) is 9.96. The summed E-state index contributed by atoms with van der Waals surface area (Å²) in [6.45, 7) is 7.15. The lowest BCUT2D eigenvalue weighted by molar-refractivity contribution is -0.0797. The quantitative estimate of drug-likeness (QED) is 0.544. The molecule has 1 unspecified atom stereocenters. The summed E-state index contributed by atoms with van der Waals surface area (Å²) in [6, 6.07) is 20.7. The van der Waals surface area contributed by atoms with Gasteiger partial charge in [0.15, 0.2) is 6.23 Å². The van der Waals surface area contributed by atoms with Gasteiger partial charge in [0.25, 0.3) is 5.91 Å². The van der Waals surface area contributed by atoms with Gasteiger partial charge in [0.2, 0.25) is 0 Å². The van der Waals surface area contributed by atoms with Gasteiger partial charge in [-0.05, 0) is 68.3 Å². The van der Waals surface area contributed by atoms with Crippen molar-refractivity contribution in [2.75, 3.05) is 13.1 Å². The van der Waals surface area contributed by atoms with Gasteiger partial charge in [0.05, 0.1) is 5.56 Å². The Morgan fingerprint density at radius 1 is 0.879 bits per heavy atom. The zero-order chi connectivity index (χ0) is 23.4. The molecule has 170 valence electrons. The Bertz CT molecular complexity index is 1090. The normalized spacial score (nSPS) is 19.7. The molecule has 0 radical (unpaired) electrons. The third-order valence-corrected chi connectivity index (χ3v) is 6.10. The Hall–Kier alpha value is -3.51. The van der Waals surface area contributed by atoms with Gasteiger partial charge in [0, 0.05) is 43.1 Å². The van der Waals surface area contributed by atoms with Crippen molar-refractivity contribution in [3.8, 4) is 11.1 Å². The van der Waals surface area contributed by atoms with Crippen molar-refractivity contribution in [2.45, 2.75) is 39.1 Å². The summed E-state index contributed by atoms with van der Waals surface area (Å²) in [7, 11) is 0. The number of aromatic nitrogens is 1. The lowest BCUT2D eigenvalue weighted by Crippen LogP contribution is -2.61. The minimum atomic E-state index is -0.394. The third-order valence-electron chi connectivity index (χ3n) is 6.10. The van der Waals surface area contributed by atoms with Crippen molar-refractivity contribution in [1.82, 2.24) is 14.8 Å². The van der Waals surface area contributed by atoms with Crippen LogP contribution in [0.3, 0.4) is 0 Å². The Morgan fingerprint density at radius 3 is 2.18 bits per heavy atom. The number of rotatable bonds is 5. The highest BCUT2D eigenvalue weighted by atomic mass is 16.6. The number of carbonyl (C=O) groups excluding carboxylic acids is 2. The molecular weight excluding hydrogens is 414 g/mol. The van der Waals surface area contributed by atoms with E-state index >= 15 is 0 Å². The summed E-state index contributed by atoms with van der Waals surface area (Å²) in [4.78, 5) is 33.9. The Morgan fingerprint density at radius 2 is 1.52 bits per heavy atom. The van der Waals surface area contributed by atoms with Crippen LogP contribution in [0.1, 0.15) is 41.5 Å². The number of pyridine rings is 1. The third kappa shape index (κ3) is 5.12. The minimum Gasteiger partial charge on any atom is -0.443 e. The van der Waals surface area contributed by atoms with Crippen LogP contribution < -0.4 is 0 Å². The lowest BCUT2D eigenvalue weighted by atomic mass is 10.0. The van der Waals surface area contributed by atoms with Crippen molar-refractivity contribution in [1.29, 1.82) is 0 Å². The zero-order valence-electron chi connectivity index (χ0n) is 19.2. The minimum absolute atomic E-state index is 0.0122. The number of ether oxygens (including phenoxy) is 1. The second-order valence-corrected chi connectivity index (χ2v) is 8.54. The van der Waals surface area contributed by atoms with Crippen LogP contribution in [-0.2, 0) is 4.74 Å². The molecule has 2 aromatic carbocycles. The first-order chi connectivity index (χ1) is 15.9. The average molecular weight is 444 g/mol. The smallest absolute Gasteiger partial charge is 0.339 e. The summed E-state index contributed by atoms with van der Waals surface area (Å²) in [5.74, 6) is -0.327. The largest absolute Gasteiger partial charge is 0.443 e. The Balaban J connectivity index is 1.43. The molecule has 2 heterocycles. The van der Waals surface area contributed by atoms with Crippen LogP contribution in [-0.4, -0.2) is 58.1 Å². The van der Waals surface area contributed by atoms with Gasteiger partial charge in [-0.15, -0.1) is 0 Å². The average Bonchev–Trinajstić information content (AvgIpc) is 2.84. The topological polar surface area (TPSA) is 62.7 Å².